The second-order valence-corrected chi connectivity index (χ2v) is 5.33. The van der Waals surface area contributed by atoms with E-state index in [2.05, 4.69) is 66.4 Å². The van der Waals surface area contributed by atoms with E-state index in [1.807, 2.05) is 0 Å². The molecule has 0 spiro atoms. The van der Waals surface area contributed by atoms with Gasteiger partial charge in [0.1, 0.15) is 0 Å². The zero-order valence-electron chi connectivity index (χ0n) is 13.7. The summed E-state index contributed by atoms with van der Waals surface area (Å²) in [4.78, 5) is 10.4. The van der Waals surface area contributed by atoms with Gasteiger partial charge < -0.3 is 15.2 Å². The van der Waals surface area contributed by atoms with Crippen molar-refractivity contribution in [2.45, 2.75) is 33.2 Å². The molecule has 1 aromatic heterocycles. The van der Waals surface area contributed by atoms with Crippen molar-refractivity contribution in [3.8, 4) is 0 Å². The Bertz CT molecular complexity index is 558. The van der Waals surface area contributed by atoms with Crippen LogP contribution < -0.4 is 5.32 Å². The third kappa shape index (κ3) is 5.19. The van der Waals surface area contributed by atoms with Gasteiger partial charge in [0.05, 0.1) is 6.54 Å². The number of rotatable bonds is 6. The van der Waals surface area contributed by atoms with Gasteiger partial charge >= 0.3 is 0 Å². The minimum atomic E-state index is 0. The molecule has 22 heavy (non-hydrogen) atoms. The van der Waals surface area contributed by atoms with Crippen molar-refractivity contribution in [3.05, 3.63) is 36.0 Å². The minimum absolute atomic E-state index is 0. The van der Waals surface area contributed by atoms with Gasteiger partial charge in [-0.3, -0.25) is 0 Å². The molecule has 0 atom stereocenters. The number of H-pyrrole nitrogens is 1. The number of hydrogen-bond acceptors (Lipinski definition) is 1. The Kier molecular flexibility index (Phi) is 8.30. The number of fused-ring (bicyclic) bond motifs is 1. The summed E-state index contributed by atoms with van der Waals surface area (Å²) in [5.41, 5.74) is 2.32. The molecule has 0 aliphatic carbocycles. The van der Waals surface area contributed by atoms with Gasteiger partial charge in [-0.1, -0.05) is 31.5 Å². The van der Waals surface area contributed by atoms with E-state index >= 15 is 0 Å². The zero-order valence-corrected chi connectivity index (χ0v) is 16.1. The average molecular weight is 414 g/mol. The van der Waals surface area contributed by atoms with Crippen molar-refractivity contribution < 1.29 is 0 Å². The first-order valence-corrected chi connectivity index (χ1v) is 7.80. The van der Waals surface area contributed by atoms with Crippen LogP contribution in [-0.2, 0) is 6.54 Å². The highest BCUT2D eigenvalue weighted by Gasteiger charge is 2.05. The van der Waals surface area contributed by atoms with E-state index in [1.54, 1.807) is 0 Å². The lowest BCUT2D eigenvalue weighted by atomic mass is 10.2. The Balaban J connectivity index is 0.00000242. The molecule has 0 aliphatic rings. The van der Waals surface area contributed by atoms with Crippen LogP contribution in [0, 0.1) is 0 Å². The van der Waals surface area contributed by atoms with Crippen molar-refractivity contribution >= 4 is 40.8 Å². The van der Waals surface area contributed by atoms with Gasteiger partial charge in [0.15, 0.2) is 5.96 Å². The number of aliphatic imine (C=N–C) groups is 1. The van der Waals surface area contributed by atoms with Crippen molar-refractivity contribution in [2.24, 2.45) is 4.99 Å². The summed E-state index contributed by atoms with van der Waals surface area (Å²) in [5.74, 6) is 0.976. The summed E-state index contributed by atoms with van der Waals surface area (Å²) in [7, 11) is 2.10. The maximum absolute atomic E-state index is 4.73. The van der Waals surface area contributed by atoms with Crippen LogP contribution in [0.15, 0.2) is 35.3 Å². The van der Waals surface area contributed by atoms with Crippen LogP contribution in [-0.4, -0.2) is 36.0 Å². The highest BCUT2D eigenvalue weighted by Crippen LogP contribution is 2.15. The van der Waals surface area contributed by atoms with Crippen molar-refractivity contribution in [1.82, 2.24) is 15.2 Å². The molecule has 1 heterocycles. The predicted molar refractivity (Wildman–Crippen MR) is 106 cm³/mol. The molecule has 1 aromatic carbocycles. The molecule has 0 aliphatic heterocycles. The highest BCUT2D eigenvalue weighted by atomic mass is 127. The largest absolute Gasteiger partial charge is 0.357 e. The van der Waals surface area contributed by atoms with Gasteiger partial charge in [-0.05, 0) is 30.9 Å². The number of guanidine groups is 1. The molecule has 0 bridgehead atoms. The summed E-state index contributed by atoms with van der Waals surface area (Å²) in [6, 6.07) is 10.5. The first-order chi connectivity index (χ1) is 10.2. The van der Waals surface area contributed by atoms with Gasteiger partial charge in [-0.2, -0.15) is 0 Å². The van der Waals surface area contributed by atoms with Gasteiger partial charge in [0.25, 0.3) is 0 Å². The molecule has 5 heteroatoms. The van der Waals surface area contributed by atoms with E-state index in [0.29, 0.717) is 6.54 Å². The number of hydrogen-bond donors (Lipinski definition) is 2. The van der Waals surface area contributed by atoms with E-state index in [9.17, 15) is 0 Å². The van der Waals surface area contributed by atoms with Crippen LogP contribution in [0.2, 0.25) is 0 Å². The smallest absolute Gasteiger partial charge is 0.194 e. The molecule has 0 amide bonds. The molecule has 2 aromatic rings. The fourth-order valence-electron chi connectivity index (χ4n) is 2.35. The number of nitrogens with zero attached hydrogens (tertiary/aromatic N) is 2. The molecule has 2 N–H and O–H groups in total. The molecule has 0 saturated heterocycles. The Labute approximate surface area is 150 Å². The molecule has 4 nitrogen and oxygen atoms in total. The first-order valence-electron chi connectivity index (χ1n) is 7.80. The normalized spacial score (nSPS) is 11.3. The number of halogens is 1. The summed E-state index contributed by atoms with van der Waals surface area (Å²) in [5, 5.41) is 4.60. The third-order valence-electron chi connectivity index (χ3n) is 3.53. The standard InChI is InChI=1S/C17H26N4.HI/c1-4-6-11-21(3)17(18-5-2)19-13-15-12-14-9-7-8-10-16(14)20-15;/h7-10,12,20H,4-6,11,13H2,1-3H3,(H,18,19);1H. The molecule has 0 fully saturated rings. The van der Waals surface area contributed by atoms with Crippen LogP contribution in [0.25, 0.3) is 10.9 Å². The van der Waals surface area contributed by atoms with Crippen LogP contribution >= 0.6 is 24.0 Å². The van der Waals surface area contributed by atoms with Gasteiger partial charge in [-0.15, -0.1) is 24.0 Å². The second kappa shape index (κ2) is 9.71. The molecular weight excluding hydrogens is 387 g/mol. The third-order valence-corrected chi connectivity index (χ3v) is 3.53. The number of para-hydroxylation sites is 1. The zero-order chi connectivity index (χ0) is 15.1. The summed E-state index contributed by atoms with van der Waals surface area (Å²) in [6.45, 7) is 6.92. The van der Waals surface area contributed by atoms with Crippen LogP contribution in [0.4, 0.5) is 0 Å². The van der Waals surface area contributed by atoms with Crippen molar-refractivity contribution in [1.29, 1.82) is 0 Å². The minimum Gasteiger partial charge on any atom is -0.357 e. The predicted octanol–water partition coefficient (Wildman–Crippen LogP) is 3.98. The lowest BCUT2D eigenvalue weighted by Crippen LogP contribution is -2.39. The molecule has 0 saturated carbocycles. The maximum Gasteiger partial charge on any atom is 0.194 e. The van der Waals surface area contributed by atoms with Gasteiger partial charge in [-0.25, -0.2) is 4.99 Å². The molecule has 122 valence electrons. The molecular formula is C17H27IN4. The number of aromatic nitrogens is 1. The number of benzene rings is 1. The van der Waals surface area contributed by atoms with Gasteiger partial charge in [0.2, 0.25) is 0 Å². The Hall–Kier alpha value is -1.24. The summed E-state index contributed by atoms with van der Waals surface area (Å²) >= 11 is 0. The fraction of sp³-hybridized carbons (Fsp3) is 0.471. The van der Waals surface area contributed by atoms with Crippen molar-refractivity contribution in [3.63, 3.8) is 0 Å². The van der Waals surface area contributed by atoms with E-state index in [-0.39, 0.29) is 24.0 Å². The van der Waals surface area contributed by atoms with E-state index in [0.717, 1.165) is 24.7 Å². The molecule has 0 radical (unpaired) electrons. The first kappa shape index (κ1) is 18.8. The van der Waals surface area contributed by atoms with Crippen LogP contribution in [0.1, 0.15) is 32.4 Å². The van der Waals surface area contributed by atoms with E-state index in [4.69, 9.17) is 4.99 Å². The highest BCUT2D eigenvalue weighted by molar-refractivity contribution is 14.0. The number of unbranched alkanes of at least 4 members (excludes halogenated alkanes) is 1. The number of aromatic amines is 1. The quantitative estimate of drug-likeness (QED) is 0.427. The van der Waals surface area contributed by atoms with Gasteiger partial charge in [0, 0.05) is 31.3 Å². The SMILES string of the molecule is CCCCN(C)C(=NCc1cc2ccccc2[nH]1)NCC.I. The summed E-state index contributed by atoms with van der Waals surface area (Å²) < 4.78 is 0. The lowest BCUT2D eigenvalue weighted by Gasteiger charge is -2.21. The fourth-order valence-corrected chi connectivity index (χ4v) is 2.35. The topological polar surface area (TPSA) is 43.4 Å². The average Bonchev–Trinajstić information content (AvgIpc) is 2.91. The Morgan fingerprint density at radius 1 is 1.27 bits per heavy atom. The van der Waals surface area contributed by atoms with Crippen LogP contribution in [0.3, 0.4) is 0 Å². The Morgan fingerprint density at radius 3 is 2.73 bits per heavy atom. The van der Waals surface area contributed by atoms with E-state index in [1.165, 1.54) is 23.7 Å². The maximum atomic E-state index is 4.73. The second-order valence-electron chi connectivity index (χ2n) is 5.33. The van der Waals surface area contributed by atoms with E-state index < -0.39 is 0 Å². The Morgan fingerprint density at radius 2 is 2.05 bits per heavy atom. The summed E-state index contributed by atoms with van der Waals surface area (Å²) in [6.07, 6.45) is 2.39. The van der Waals surface area contributed by atoms with Crippen LogP contribution in [0.5, 0.6) is 0 Å². The molecule has 2 rings (SSSR count). The number of nitrogens with one attached hydrogen (secondary N) is 2. The lowest BCUT2D eigenvalue weighted by molar-refractivity contribution is 0.464. The molecule has 0 unspecified atom stereocenters. The monoisotopic (exact) mass is 414 g/mol. The van der Waals surface area contributed by atoms with Crippen molar-refractivity contribution in [2.75, 3.05) is 20.1 Å².